The molecule has 1 amide bonds. The third-order valence-corrected chi connectivity index (χ3v) is 3.70. The van der Waals surface area contributed by atoms with Gasteiger partial charge in [-0.05, 0) is 30.3 Å². The van der Waals surface area contributed by atoms with Crippen LogP contribution < -0.4 is 11.1 Å². The topological polar surface area (TPSA) is 81.4 Å². The molecule has 2 aromatic carbocycles. The second-order valence-corrected chi connectivity index (χ2v) is 5.86. The molecule has 0 saturated carbocycles. The van der Waals surface area contributed by atoms with Gasteiger partial charge in [-0.1, -0.05) is 29.3 Å². The van der Waals surface area contributed by atoms with E-state index in [1.807, 2.05) is 5.32 Å². The van der Waals surface area contributed by atoms with Crippen molar-refractivity contribution in [1.29, 1.82) is 0 Å². The molecule has 2 rings (SSSR count). The summed E-state index contributed by atoms with van der Waals surface area (Å²) in [5, 5.41) is 1.99. The molecule has 0 bridgehead atoms. The summed E-state index contributed by atoms with van der Waals surface area (Å²) in [6, 6.07) is 7.07. The lowest BCUT2D eigenvalue weighted by atomic mass is 10.1. The van der Waals surface area contributed by atoms with Crippen LogP contribution in [0.5, 0.6) is 0 Å². The number of esters is 1. The summed E-state index contributed by atoms with van der Waals surface area (Å²) in [5.41, 5.74) is 3.88. The summed E-state index contributed by atoms with van der Waals surface area (Å²) >= 11 is 11.4. The average Bonchev–Trinajstić information content (AvgIpc) is 2.53. The van der Waals surface area contributed by atoms with Gasteiger partial charge in [0.05, 0.1) is 21.8 Å². The Bertz CT molecular complexity index is 857. The van der Waals surface area contributed by atoms with Crippen molar-refractivity contribution < 1.29 is 27.5 Å². The molecule has 0 atom stereocenters. The third kappa shape index (κ3) is 4.80. The Kier molecular flexibility index (Phi) is 5.99. The first-order valence-corrected chi connectivity index (χ1v) is 7.73. The van der Waals surface area contributed by atoms with Crippen LogP contribution in [0.1, 0.15) is 15.9 Å². The number of nitrogens with two attached hydrogens (primary N) is 1. The lowest BCUT2D eigenvalue weighted by molar-refractivity contribution is -0.137. The maximum atomic E-state index is 13.0. The number of carbonyl (C=O) groups excluding carboxylic acids is 2. The summed E-state index contributed by atoms with van der Waals surface area (Å²) in [7, 11) is 0. The van der Waals surface area contributed by atoms with Crippen molar-refractivity contribution in [3.63, 3.8) is 0 Å². The van der Waals surface area contributed by atoms with Gasteiger partial charge in [0.1, 0.15) is 0 Å². The number of alkyl halides is 3. The molecule has 0 radical (unpaired) electrons. The zero-order valence-corrected chi connectivity index (χ0v) is 14.4. The number of nitrogens with one attached hydrogen (secondary N) is 1. The average molecular weight is 407 g/mol. The van der Waals surface area contributed by atoms with Gasteiger partial charge in [-0.2, -0.15) is 13.2 Å². The molecule has 10 heteroatoms. The van der Waals surface area contributed by atoms with Crippen LogP contribution >= 0.6 is 23.2 Å². The zero-order chi connectivity index (χ0) is 19.5. The largest absolute Gasteiger partial charge is 0.452 e. The van der Waals surface area contributed by atoms with Crippen LogP contribution in [0.15, 0.2) is 36.4 Å². The van der Waals surface area contributed by atoms with Crippen LogP contribution in [0, 0.1) is 0 Å². The number of halogens is 5. The van der Waals surface area contributed by atoms with Crippen molar-refractivity contribution in [1.82, 2.24) is 0 Å². The summed E-state index contributed by atoms with van der Waals surface area (Å²) in [4.78, 5) is 23.7. The Hall–Kier alpha value is -2.45. The van der Waals surface area contributed by atoms with E-state index in [1.54, 1.807) is 0 Å². The van der Waals surface area contributed by atoms with E-state index in [-0.39, 0.29) is 16.3 Å². The van der Waals surface area contributed by atoms with Crippen molar-refractivity contribution in [2.24, 2.45) is 0 Å². The molecular weight excluding hydrogens is 396 g/mol. The van der Waals surface area contributed by atoms with E-state index in [2.05, 4.69) is 0 Å². The fraction of sp³-hybridized carbons (Fsp3) is 0.125. The van der Waals surface area contributed by atoms with Gasteiger partial charge in [0.25, 0.3) is 5.91 Å². The van der Waals surface area contributed by atoms with Gasteiger partial charge in [0.15, 0.2) is 6.61 Å². The number of anilines is 2. The predicted octanol–water partition coefficient (Wildman–Crippen LogP) is 4.39. The van der Waals surface area contributed by atoms with E-state index in [1.165, 1.54) is 24.3 Å². The Morgan fingerprint density at radius 1 is 1.15 bits per heavy atom. The summed E-state index contributed by atoms with van der Waals surface area (Å²) < 4.78 is 43.7. The highest BCUT2D eigenvalue weighted by Gasteiger charge is 2.34. The second kappa shape index (κ2) is 7.84. The summed E-state index contributed by atoms with van der Waals surface area (Å²) in [6.07, 6.45) is -4.72. The van der Waals surface area contributed by atoms with Crippen LogP contribution in [0.4, 0.5) is 24.5 Å². The normalized spacial score (nSPS) is 11.1. The van der Waals surface area contributed by atoms with Gasteiger partial charge < -0.3 is 15.8 Å². The van der Waals surface area contributed by atoms with Crippen molar-refractivity contribution in [2.75, 3.05) is 17.7 Å². The molecule has 138 valence electrons. The Labute approximate surface area is 155 Å². The van der Waals surface area contributed by atoms with Crippen molar-refractivity contribution in [3.05, 3.63) is 57.6 Å². The number of amides is 1. The molecule has 3 N–H and O–H groups in total. The Morgan fingerprint density at radius 3 is 2.46 bits per heavy atom. The van der Waals surface area contributed by atoms with Gasteiger partial charge in [0, 0.05) is 10.7 Å². The molecule has 0 aliphatic rings. The maximum Gasteiger partial charge on any atom is 0.418 e. The van der Waals surface area contributed by atoms with Crippen LogP contribution in [-0.2, 0) is 15.7 Å². The second-order valence-electron chi connectivity index (χ2n) is 5.02. The first kappa shape index (κ1) is 19.9. The molecule has 0 fully saturated rings. The van der Waals surface area contributed by atoms with E-state index >= 15 is 0 Å². The highest BCUT2D eigenvalue weighted by atomic mass is 35.5. The van der Waals surface area contributed by atoms with Gasteiger partial charge in [-0.15, -0.1) is 0 Å². The SMILES string of the molecule is Nc1cc(Cl)ccc1C(=O)OCC(=O)Nc1c(Cl)cccc1C(F)(F)F. The number of rotatable bonds is 4. The fourth-order valence-corrected chi connectivity index (χ4v) is 2.39. The van der Waals surface area contributed by atoms with E-state index in [4.69, 9.17) is 33.7 Å². The zero-order valence-electron chi connectivity index (χ0n) is 12.9. The van der Waals surface area contributed by atoms with E-state index in [0.29, 0.717) is 5.02 Å². The minimum absolute atomic E-state index is 0.0316. The minimum Gasteiger partial charge on any atom is -0.452 e. The van der Waals surface area contributed by atoms with Crippen molar-refractivity contribution in [2.45, 2.75) is 6.18 Å². The molecule has 2 aromatic rings. The van der Waals surface area contributed by atoms with Crippen molar-refractivity contribution in [3.8, 4) is 0 Å². The molecule has 0 aromatic heterocycles. The van der Waals surface area contributed by atoms with E-state index in [9.17, 15) is 22.8 Å². The molecule has 0 spiro atoms. The number of benzene rings is 2. The van der Waals surface area contributed by atoms with E-state index < -0.39 is 35.9 Å². The number of ether oxygens (including phenoxy) is 1. The fourth-order valence-electron chi connectivity index (χ4n) is 1.99. The quantitative estimate of drug-likeness (QED) is 0.582. The third-order valence-electron chi connectivity index (χ3n) is 3.15. The molecule has 26 heavy (non-hydrogen) atoms. The van der Waals surface area contributed by atoms with Crippen LogP contribution in [0.3, 0.4) is 0 Å². The Morgan fingerprint density at radius 2 is 1.85 bits per heavy atom. The number of nitrogen functional groups attached to an aromatic ring is 1. The number of carbonyl (C=O) groups is 2. The lowest BCUT2D eigenvalue weighted by Gasteiger charge is -2.15. The minimum atomic E-state index is -4.72. The summed E-state index contributed by atoms with van der Waals surface area (Å²) in [6.45, 7) is -0.830. The molecule has 0 saturated heterocycles. The Balaban J connectivity index is 2.07. The van der Waals surface area contributed by atoms with Crippen LogP contribution in [0.2, 0.25) is 10.0 Å². The van der Waals surface area contributed by atoms with Gasteiger partial charge in [-0.25, -0.2) is 4.79 Å². The number of para-hydroxylation sites is 1. The highest BCUT2D eigenvalue weighted by Crippen LogP contribution is 2.38. The molecular formula is C16H11Cl2F3N2O3. The summed E-state index contributed by atoms with van der Waals surface area (Å²) in [5.74, 6) is -1.92. The van der Waals surface area contributed by atoms with Gasteiger partial charge in [-0.3, -0.25) is 4.79 Å². The smallest absolute Gasteiger partial charge is 0.418 e. The highest BCUT2D eigenvalue weighted by molar-refractivity contribution is 6.34. The van der Waals surface area contributed by atoms with Gasteiger partial charge in [0.2, 0.25) is 0 Å². The monoisotopic (exact) mass is 406 g/mol. The molecule has 0 heterocycles. The lowest BCUT2D eigenvalue weighted by Crippen LogP contribution is -2.23. The number of hydrogen-bond acceptors (Lipinski definition) is 4. The van der Waals surface area contributed by atoms with Crippen molar-refractivity contribution >= 4 is 46.5 Å². The maximum absolute atomic E-state index is 13.0. The van der Waals surface area contributed by atoms with E-state index in [0.717, 1.165) is 12.1 Å². The molecule has 0 unspecified atom stereocenters. The molecule has 5 nitrogen and oxygen atoms in total. The predicted molar refractivity (Wildman–Crippen MR) is 91.2 cm³/mol. The number of hydrogen-bond donors (Lipinski definition) is 2. The first-order valence-electron chi connectivity index (χ1n) is 6.97. The van der Waals surface area contributed by atoms with Crippen LogP contribution in [-0.4, -0.2) is 18.5 Å². The first-order chi connectivity index (χ1) is 12.1. The molecule has 0 aliphatic carbocycles. The standard InChI is InChI=1S/C16H11Cl2F3N2O3/c17-8-4-5-9(12(22)6-8)15(25)26-7-13(24)23-14-10(16(19,20)21)2-1-3-11(14)18/h1-6H,7,22H2,(H,23,24). The van der Waals surface area contributed by atoms with Gasteiger partial charge >= 0.3 is 12.1 Å². The molecule has 0 aliphatic heterocycles. The van der Waals surface area contributed by atoms with Crippen LogP contribution in [0.25, 0.3) is 0 Å².